The van der Waals surface area contributed by atoms with Gasteiger partial charge in [-0.1, -0.05) is 167 Å². The van der Waals surface area contributed by atoms with E-state index in [1.807, 2.05) is 0 Å². The summed E-state index contributed by atoms with van der Waals surface area (Å²) in [5.74, 6) is 0. The van der Waals surface area contributed by atoms with Crippen molar-refractivity contribution in [3.63, 3.8) is 0 Å². The number of rotatable bonds is 3. The number of nitrogens with one attached hydrogen (secondary N) is 1. The predicted molar refractivity (Wildman–Crippen MR) is 271 cm³/mol. The zero-order chi connectivity index (χ0) is 43.7. The van der Waals surface area contributed by atoms with E-state index >= 15 is 0 Å². The fraction of sp³-hybridized carbons (Fsp3) is 0.300. The van der Waals surface area contributed by atoms with E-state index in [1.165, 1.54) is 129 Å². The molecule has 2 heterocycles. The molecule has 312 valence electrons. The number of hydrogen-bond acceptors (Lipinski definition) is 1. The van der Waals surface area contributed by atoms with Gasteiger partial charge in [-0.25, -0.2) is 0 Å². The van der Waals surface area contributed by atoms with Gasteiger partial charge in [0.25, 0.3) is 0 Å². The number of nitrogens with zero attached hydrogens (tertiary/aromatic N) is 1. The van der Waals surface area contributed by atoms with Crippen molar-refractivity contribution >= 4 is 51.4 Å². The highest BCUT2D eigenvalue weighted by molar-refractivity contribution is 6.73. The molecule has 0 unspecified atom stereocenters. The Morgan fingerprint density at radius 2 is 1.17 bits per heavy atom. The maximum atomic E-state index is 4.04. The predicted octanol–water partition coefficient (Wildman–Crippen LogP) is 14.2. The van der Waals surface area contributed by atoms with E-state index < -0.39 is 0 Å². The summed E-state index contributed by atoms with van der Waals surface area (Å²) < 4.78 is 2.68. The van der Waals surface area contributed by atoms with Crippen molar-refractivity contribution in [1.29, 1.82) is 0 Å². The van der Waals surface area contributed by atoms with E-state index in [1.54, 1.807) is 0 Å². The molecule has 7 aromatic carbocycles. The van der Waals surface area contributed by atoms with Gasteiger partial charge in [0.2, 0.25) is 0 Å². The molecule has 3 aliphatic carbocycles. The summed E-state index contributed by atoms with van der Waals surface area (Å²) in [6.07, 6.45) is 2.35. The Morgan fingerprint density at radius 1 is 0.540 bits per heavy atom. The Morgan fingerprint density at radius 3 is 1.87 bits per heavy atom. The van der Waals surface area contributed by atoms with Crippen LogP contribution in [0.1, 0.15) is 128 Å². The lowest BCUT2D eigenvalue weighted by molar-refractivity contribution is 0.332. The fourth-order valence-corrected chi connectivity index (χ4v) is 12.6. The van der Waals surface area contributed by atoms with Crippen molar-refractivity contribution in [3.05, 3.63) is 160 Å². The molecule has 0 fully saturated rings. The fourth-order valence-electron chi connectivity index (χ4n) is 12.6. The molecule has 4 aliphatic rings. The number of fused-ring (bicyclic) bond motifs is 13. The van der Waals surface area contributed by atoms with E-state index in [9.17, 15) is 0 Å². The van der Waals surface area contributed by atoms with Gasteiger partial charge in [0.15, 0.2) is 7.28 Å². The molecule has 1 aliphatic heterocycles. The lowest BCUT2D eigenvalue weighted by Crippen LogP contribution is -2.38. The van der Waals surface area contributed by atoms with Crippen LogP contribution < -0.4 is 16.2 Å². The molecule has 1 aromatic heterocycles. The molecule has 0 bridgehead atoms. The van der Waals surface area contributed by atoms with Crippen LogP contribution in [-0.4, -0.2) is 11.8 Å². The molecular weight excluding hydrogens is 759 g/mol. The summed E-state index contributed by atoms with van der Waals surface area (Å²) in [6, 6.07) is 47.5. The third kappa shape index (κ3) is 5.26. The average molecular weight is 819 g/mol. The summed E-state index contributed by atoms with van der Waals surface area (Å²) in [5.41, 5.74) is 27.3. The molecule has 0 saturated heterocycles. The SMILES string of the molecule is CC(C)(C)c1ccc(Nc2cc3c(cc2-c2ccc4c5c6c(ccc5n5c4c2Bc2cc4c(cc2-5)-c2ccccc2C4(C)C)C(C)(C)c2ccccc2-6)C(C)(C)CCC3(C)C)cc1. The Labute approximate surface area is 375 Å². The normalized spacial score (nSPS) is 17.6. The molecule has 2 nitrogen and oxygen atoms in total. The number of benzene rings is 7. The zero-order valence-corrected chi connectivity index (χ0v) is 39.1. The van der Waals surface area contributed by atoms with Gasteiger partial charge >= 0.3 is 0 Å². The van der Waals surface area contributed by atoms with Gasteiger partial charge in [0.1, 0.15) is 0 Å². The topological polar surface area (TPSA) is 17.0 Å². The smallest absolute Gasteiger partial charge is 0.198 e. The van der Waals surface area contributed by atoms with Gasteiger partial charge in [0, 0.05) is 49.7 Å². The minimum atomic E-state index is -0.0825. The molecule has 12 rings (SSSR count). The third-order valence-corrected chi connectivity index (χ3v) is 16.4. The molecule has 8 aromatic rings. The molecule has 0 radical (unpaired) electrons. The molecule has 0 amide bonds. The van der Waals surface area contributed by atoms with Gasteiger partial charge < -0.3 is 9.88 Å². The minimum Gasteiger partial charge on any atom is -0.355 e. The minimum absolute atomic E-state index is 0.0667. The first kappa shape index (κ1) is 38.8. The van der Waals surface area contributed by atoms with Crippen LogP contribution in [-0.2, 0) is 27.1 Å². The standard InChI is InChI=1S/C60H59BN2/c1-56(2,3)34-20-22-35(23-21-34)62-49-33-47-46(57(4,5)28-29-58(47,6)7)30-41(49)37-24-25-39-53-50(27-26-44-52(53)38-17-13-15-19-43(38)59(44,8)9)63-51-31-40-36-16-12-14-18-42(36)60(10,11)45(40)32-48(51)61-54(37)55(39)63/h12-27,30-33,61-62H,28-29H2,1-11H3. The van der Waals surface area contributed by atoms with Crippen LogP contribution in [0.3, 0.4) is 0 Å². The average Bonchev–Trinajstić information content (AvgIpc) is 3.79. The van der Waals surface area contributed by atoms with Gasteiger partial charge in [-0.05, 0) is 138 Å². The highest BCUT2D eigenvalue weighted by Gasteiger charge is 2.42. The van der Waals surface area contributed by atoms with Crippen LogP contribution in [0.4, 0.5) is 11.4 Å². The van der Waals surface area contributed by atoms with Gasteiger partial charge in [-0.3, -0.25) is 0 Å². The first-order chi connectivity index (χ1) is 29.9. The lowest BCUT2D eigenvalue weighted by Gasteiger charge is -2.42. The first-order valence-corrected chi connectivity index (χ1v) is 23.4. The highest BCUT2D eigenvalue weighted by atomic mass is 15.0. The molecule has 63 heavy (non-hydrogen) atoms. The van der Waals surface area contributed by atoms with E-state index in [0.717, 1.165) is 13.0 Å². The van der Waals surface area contributed by atoms with Gasteiger partial charge in [0.05, 0.1) is 5.52 Å². The Kier molecular flexibility index (Phi) is 7.69. The monoisotopic (exact) mass is 818 g/mol. The van der Waals surface area contributed by atoms with Crippen molar-refractivity contribution in [2.24, 2.45) is 0 Å². The molecule has 1 N–H and O–H groups in total. The van der Waals surface area contributed by atoms with Crippen molar-refractivity contribution in [3.8, 4) is 39.1 Å². The van der Waals surface area contributed by atoms with Crippen LogP contribution in [0.15, 0.2) is 121 Å². The molecule has 0 atom stereocenters. The Balaban J connectivity index is 1.17. The summed E-state index contributed by atoms with van der Waals surface area (Å²) in [4.78, 5) is 0. The van der Waals surface area contributed by atoms with Gasteiger partial charge in [-0.2, -0.15) is 0 Å². The number of anilines is 2. The largest absolute Gasteiger partial charge is 0.355 e. The second-order valence-electron chi connectivity index (χ2n) is 22.9. The third-order valence-electron chi connectivity index (χ3n) is 16.4. The van der Waals surface area contributed by atoms with Crippen LogP contribution in [0, 0.1) is 0 Å². The maximum absolute atomic E-state index is 4.04. The first-order valence-electron chi connectivity index (χ1n) is 23.4. The van der Waals surface area contributed by atoms with Crippen LogP contribution in [0.25, 0.3) is 60.9 Å². The van der Waals surface area contributed by atoms with Crippen LogP contribution >= 0.6 is 0 Å². The summed E-state index contributed by atoms with van der Waals surface area (Å²) in [6.45, 7) is 26.4. The van der Waals surface area contributed by atoms with Crippen LogP contribution in [0.2, 0.25) is 0 Å². The van der Waals surface area contributed by atoms with E-state index in [0.29, 0.717) is 0 Å². The number of aromatic nitrogens is 1. The van der Waals surface area contributed by atoms with Crippen molar-refractivity contribution < 1.29 is 0 Å². The summed E-state index contributed by atoms with van der Waals surface area (Å²) >= 11 is 0. The molecular formula is C60H59BN2. The van der Waals surface area contributed by atoms with Crippen molar-refractivity contribution in [2.45, 2.75) is 116 Å². The van der Waals surface area contributed by atoms with Crippen LogP contribution in [0.5, 0.6) is 0 Å². The summed E-state index contributed by atoms with van der Waals surface area (Å²) in [5, 5.41) is 6.78. The van der Waals surface area contributed by atoms with E-state index in [4.69, 9.17) is 0 Å². The highest BCUT2D eigenvalue weighted by Crippen LogP contribution is 2.55. The maximum Gasteiger partial charge on any atom is 0.198 e. The molecule has 0 saturated carbocycles. The molecule has 0 spiro atoms. The second kappa shape index (κ2) is 12.5. The second-order valence-corrected chi connectivity index (χ2v) is 22.9. The van der Waals surface area contributed by atoms with Crippen molar-refractivity contribution in [1.82, 2.24) is 4.57 Å². The summed E-state index contributed by atoms with van der Waals surface area (Å²) in [7, 11) is 0.869. The van der Waals surface area contributed by atoms with E-state index in [-0.39, 0.29) is 27.1 Å². The number of hydrogen-bond donors (Lipinski definition) is 1. The quantitative estimate of drug-likeness (QED) is 0.176. The van der Waals surface area contributed by atoms with Gasteiger partial charge in [-0.15, -0.1) is 0 Å². The van der Waals surface area contributed by atoms with Crippen molar-refractivity contribution in [2.75, 3.05) is 5.32 Å². The van der Waals surface area contributed by atoms with E-state index in [2.05, 4.69) is 207 Å². The Bertz CT molecular complexity index is 3310. The Hall–Kier alpha value is -5.80. The molecule has 3 heteroatoms. The zero-order valence-electron chi connectivity index (χ0n) is 39.1. The lowest BCUT2D eigenvalue weighted by atomic mass is 9.57.